The summed E-state index contributed by atoms with van der Waals surface area (Å²) in [4.78, 5) is 0. The zero-order valence-electron chi connectivity index (χ0n) is 11.0. The van der Waals surface area contributed by atoms with Crippen LogP contribution in [0.15, 0.2) is 30.5 Å². The van der Waals surface area contributed by atoms with E-state index in [1.807, 2.05) is 10.7 Å². The fourth-order valence-electron chi connectivity index (χ4n) is 2.00. The summed E-state index contributed by atoms with van der Waals surface area (Å²) in [6.07, 6.45) is 1.92. The molecule has 0 aliphatic heterocycles. The molecule has 0 saturated heterocycles. The van der Waals surface area contributed by atoms with E-state index in [1.165, 1.54) is 0 Å². The Kier molecular flexibility index (Phi) is 4.45. The summed E-state index contributed by atoms with van der Waals surface area (Å²) in [7, 11) is 1.56. The van der Waals surface area contributed by atoms with Crippen LogP contribution in [-0.2, 0) is 6.54 Å². The number of methoxy groups -OCH3 is 1. The number of hydrogen-bond donors (Lipinski definition) is 1. The number of aliphatic hydroxyl groups is 1. The second-order valence-electron chi connectivity index (χ2n) is 4.28. The van der Waals surface area contributed by atoms with E-state index in [9.17, 15) is 5.11 Å². The van der Waals surface area contributed by atoms with E-state index < -0.39 is 6.10 Å². The third-order valence-corrected chi connectivity index (χ3v) is 3.25. The van der Waals surface area contributed by atoms with Gasteiger partial charge in [-0.3, -0.25) is 4.68 Å². The molecule has 1 N–H and O–H groups in total. The molecule has 1 aromatic carbocycles. The molecule has 0 aliphatic carbocycles. The third kappa shape index (κ3) is 2.91. The van der Waals surface area contributed by atoms with Gasteiger partial charge in [0.2, 0.25) is 0 Å². The fourth-order valence-corrected chi connectivity index (χ4v) is 2.26. The lowest BCUT2D eigenvalue weighted by atomic mass is 10.1. The normalized spacial score (nSPS) is 12.4. The first-order chi connectivity index (χ1) is 9.17. The van der Waals surface area contributed by atoms with Crippen molar-refractivity contribution in [1.29, 1.82) is 0 Å². The summed E-state index contributed by atoms with van der Waals surface area (Å²) in [6, 6.07) is 7.09. The number of aryl methyl sites for hydroxylation is 1. The van der Waals surface area contributed by atoms with E-state index in [1.54, 1.807) is 31.5 Å². The molecule has 1 unspecified atom stereocenters. The van der Waals surface area contributed by atoms with Crippen molar-refractivity contribution in [3.63, 3.8) is 0 Å². The molecule has 2 rings (SSSR count). The van der Waals surface area contributed by atoms with Gasteiger partial charge in [-0.25, -0.2) is 0 Å². The van der Waals surface area contributed by atoms with Crippen LogP contribution in [0.25, 0.3) is 0 Å². The minimum atomic E-state index is -0.738. The topological polar surface area (TPSA) is 47.3 Å². The monoisotopic (exact) mass is 280 g/mol. The second kappa shape index (κ2) is 6.08. The van der Waals surface area contributed by atoms with Crippen molar-refractivity contribution in [2.45, 2.75) is 26.0 Å². The quantitative estimate of drug-likeness (QED) is 0.916. The lowest BCUT2D eigenvalue weighted by Crippen LogP contribution is -2.10. The Bertz CT molecular complexity index is 554. The summed E-state index contributed by atoms with van der Waals surface area (Å²) in [5.74, 6) is 0.597. The molecule has 0 bridgehead atoms. The van der Waals surface area contributed by atoms with Crippen molar-refractivity contribution >= 4 is 11.6 Å². The van der Waals surface area contributed by atoms with Crippen LogP contribution in [0.4, 0.5) is 0 Å². The summed E-state index contributed by atoms with van der Waals surface area (Å²) in [6.45, 7) is 2.85. The zero-order chi connectivity index (χ0) is 13.8. The lowest BCUT2D eigenvalue weighted by molar-refractivity contribution is 0.207. The molecule has 5 heteroatoms. The average Bonchev–Trinajstić information content (AvgIpc) is 2.86. The van der Waals surface area contributed by atoms with Gasteiger partial charge < -0.3 is 9.84 Å². The van der Waals surface area contributed by atoms with E-state index in [0.29, 0.717) is 10.8 Å². The molecule has 0 radical (unpaired) electrons. The number of hydrogen-bond acceptors (Lipinski definition) is 3. The van der Waals surface area contributed by atoms with Gasteiger partial charge in [-0.2, -0.15) is 5.10 Å². The van der Waals surface area contributed by atoms with Gasteiger partial charge in [0, 0.05) is 12.7 Å². The summed E-state index contributed by atoms with van der Waals surface area (Å²) < 4.78 is 6.91. The van der Waals surface area contributed by atoms with Gasteiger partial charge in [-0.1, -0.05) is 24.6 Å². The Balaban J connectivity index is 2.30. The van der Waals surface area contributed by atoms with Crippen LogP contribution in [-0.4, -0.2) is 22.0 Å². The maximum Gasteiger partial charge on any atom is 0.137 e. The first kappa shape index (κ1) is 13.9. The molecule has 1 heterocycles. The van der Waals surface area contributed by atoms with Crippen molar-refractivity contribution in [1.82, 2.24) is 9.78 Å². The highest BCUT2D eigenvalue weighted by atomic mass is 35.5. The molecule has 1 aromatic heterocycles. The van der Waals surface area contributed by atoms with Crippen LogP contribution >= 0.6 is 11.6 Å². The van der Waals surface area contributed by atoms with E-state index >= 15 is 0 Å². The van der Waals surface area contributed by atoms with Crippen LogP contribution in [0.5, 0.6) is 5.75 Å². The molecule has 4 nitrogen and oxygen atoms in total. The van der Waals surface area contributed by atoms with Crippen molar-refractivity contribution < 1.29 is 9.84 Å². The van der Waals surface area contributed by atoms with Gasteiger partial charge in [0.05, 0.1) is 17.8 Å². The molecule has 19 heavy (non-hydrogen) atoms. The lowest BCUT2D eigenvalue weighted by Gasteiger charge is -2.14. The number of benzene rings is 1. The molecule has 2 aromatic rings. The molecule has 102 valence electrons. The van der Waals surface area contributed by atoms with Crippen molar-refractivity contribution in [3.05, 3.63) is 46.7 Å². The number of nitrogens with zero attached hydrogens (tertiary/aromatic N) is 2. The summed E-state index contributed by atoms with van der Waals surface area (Å²) in [5.41, 5.74) is 1.49. The third-order valence-electron chi connectivity index (χ3n) is 2.96. The Morgan fingerprint density at radius 2 is 2.21 bits per heavy atom. The van der Waals surface area contributed by atoms with Gasteiger partial charge in [0.15, 0.2) is 0 Å². The molecule has 0 fully saturated rings. The number of halogens is 1. The van der Waals surface area contributed by atoms with E-state index in [0.717, 1.165) is 24.2 Å². The van der Waals surface area contributed by atoms with Crippen molar-refractivity contribution in [2.24, 2.45) is 0 Å². The summed E-state index contributed by atoms with van der Waals surface area (Å²) >= 11 is 6.08. The SMILES string of the molecule is CCCn1nccc1C(O)c1ccc(OC)c(Cl)c1. The van der Waals surface area contributed by atoms with Crippen molar-refractivity contribution in [3.8, 4) is 5.75 Å². The van der Waals surface area contributed by atoms with E-state index in [4.69, 9.17) is 16.3 Å². The Morgan fingerprint density at radius 1 is 1.42 bits per heavy atom. The van der Waals surface area contributed by atoms with Gasteiger partial charge in [-0.05, 0) is 30.2 Å². The van der Waals surface area contributed by atoms with Gasteiger partial charge >= 0.3 is 0 Å². The zero-order valence-corrected chi connectivity index (χ0v) is 11.8. The number of aliphatic hydroxyl groups excluding tert-OH is 1. The van der Waals surface area contributed by atoms with E-state index in [2.05, 4.69) is 12.0 Å². The van der Waals surface area contributed by atoms with Crippen LogP contribution in [0, 0.1) is 0 Å². The largest absolute Gasteiger partial charge is 0.495 e. The highest BCUT2D eigenvalue weighted by Crippen LogP contribution is 2.30. The predicted octanol–water partition coefficient (Wildman–Crippen LogP) is 3.04. The molecule has 0 spiro atoms. The highest BCUT2D eigenvalue weighted by Gasteiger charge is 2.16. The van der Waals surface area contributed by atoms with Gasteiger partial charge in [0.1, 0.15) is 11.9 Å². The minimum absolute atomic E-state index is 0.487. The Morgan fingerprint density at radius 3 is 2.84 bits per heavy atom. The van der Waals surface area contributed by atoms with Gasteiger partial charge in [-0.15, -0.1) is 0 Å². The molecular formula is C14H17ClN2O2. The smallest absolute Gasteiger partial charge is 0.137 e. The number of aromatic nitrogens is 2. The summed E-state index contributed by atoms with van der Waals surface area (Å²) in [5, 5.41) is 15.1. The van der Waals surface area contributed by atoms with Crippen LogP contribution in [0.1, 0.15) is 30.7 Å². The maximum absolute atomic E-state index is 10.4. The predicted molar refractivity (Wildman–Crippen MR) is 74.6 cm³/mol. The minimum Gasteiger partial charge on any atom is -0.495 e. The molecule has 1 atom stereocenters. The van der Waals surface area contributed by atoms with Crippen molar-refractivity contribution in [2.75, 3.05) is 7.11 Å². The maximum atomic E-state index is 10.4. The Hall–Kier alpha value is -1.52. The highest BCUT2D eigenvalue weighted by molar-refractivity contribution is 6.32. The van der Waals surface area contributed by atoms with Crippen LogP contribution in [0.3, 0.4) is 0 Å². The second-order valence-corrected chi connectivity index (χ2v) is 4.68. The number of rotatable bonds is 5. The number of ether oxygens (including phenoxy) is 1. The molecule has 0 amide bonds. The Labute approximate surface area is 117 Å². The van der Waals surface area contributed by atoms with Crippen LogP contribution < -0.4 is 4.74 Å². The molecular weight excluding hydrogens is 264 g/mol. The van der Waals surface area contributed by atoms with Gasteiger partial charge in [0.25, 0.3) is 0 Å². The molecule has 0 aliphatic rings. The first-order valence-corrected chi connectivity index (χ1v) is 6.58. The molecule has 0 saturated carbocycles. The van der Waals surface area contributed by atoms with Crippen LogP contribution in [0.2, 0.25) is 5.02 Å². The first-order valence-electron chi connectivity index (χ1n) is 6.20. The average molecular weight is 281 g/mol. The standard InChI is InChI=1S/C14H17ClN2O2/c1-3-8-17-12(6-7-16-17)14(18)10-4-5-13(19-2)11(15)9-10/h4-7,9,14,18H,3,8H2,1-2H3. The van der Waals surface area contributed by atoms with E-state index in [-0.39, 0.29) is 0 Å². The fraction of sp³-hybridized carbons (Fsp3) is 0.357.